The third-order valence-electron chi connectivity index (χ3n) is 2.45. The summed E-state index contributed by atoms with van der Waals surface area (Å²) >= 11 is 0. The Morgan fingerprint density at radius 1 is 1.33 bits per heavy atom. The number of azide groups is 1. The minimum Gasteiger partial charge on any atom is -0.462 e. The van der Waals surface area contributed by atoms with Gasteiger partial charge in [0.1, 0.15) is 12.1 Å². The van der Waals surface area contributed by atoms with Crippen molar-refractivity contribution < 1.29 is 23.8 Å². The molecule has 1 fully saturated rings. The first-order chi connectivity index (χ1) is 8.43. The van der Waals surface area contributed by atoms with E-state index in [1.807, 2.05) is 0 Å². The van der Waals surface area contributed by atoms with Crippen LogP contribution >= 0.6 is 0 Å². The second-order valence-electron chi connectivity index (χ2n) is 3.96. The summed E-state index contributed by atoms with van der Waals surface area (Å²) in [6.07, 6.45) is -1.82. The van der Waals surface area contributed by atoms with Gasteiger partial charge in [-0.15, -0.1) is 0 Å². The van der Waals surface area contributed by atoms with Crippen molar-refractivity contribution in [1.29, 1.82) is 0 Å². The highest BCUT2D eigenvalue weighted by Crippen LogP contribution is 2.26. The standard InChI is InChI=1S/C10H15N3O5/c1-5-10(12-13-11)8(17-6(2)14)4-9(16-5)18-7(3)15/h5,8-10H,4H2,1-3H3/t5-,8-,9-,10+/m0/s1. The minimum absolute atomic E-state index is 0.146. The average Bonchev–Trinajstić information content (AvgIpc) is 2.21. The second kappa shape index (κ2) is 6.23. The molecular formula is C10H15N3O5. The predicted molar refractivity (Wildman–Crippen MR) is 59.2 cm³/mol. The highest BCUT2D eigenvalue weighted by molar-refractivity contribution is 5.66. The zero-order chi connectivity index (χ0) is 13.7. The number of hydrogen-bond donors (Lipinski definition) is 0. The SMILES string of the molecule is CC(=O)O[C@H]1C[C@H](OC(C)=O)[C@H](N=[N+]=[N-])[C@H](C)O1. The number of carbonyl (C=O) groups is 2. The molecule has 1 saturated heterocycles. The molecule has 0 unspecified atom stereocenters. The maximum Gasteiger partial charge on any atom is 0.304 e. The van der Waals surface area contributed by atoms with E-state index in [1.54, 1.807) is 6.92 Å². The maximum atomic E-state index is 11.0. The number of nitrogens with zero attached hydrogens (tertiary/aromatic N) is 3. The third kappa shape index (κ3) is 3.90. The molecule has 1 rings (SSSR count). The van der Waals surface area contributed by atoms with Crippen LogP contribution in [0.2, 0.25) is 0 Å². The maximum absolute atomic E-state index is 11.0. The monoisotopic (exact) mass is 257 g/mol. The van der Waals surface area contributed by atoms with E-state index in [2.05, 4.69) is 10.0 Å². The van der Waals surface area contributed by atoms with Gasteiger partial charge in [0.2, 0.25) is 6.29 Å². The van der Waals surface area contributed by atoms with Gasteiger partial charge in [0.15, 0.2) is 0 Å². The predicted octanol–water partition coefficient (Wildman–Crippen LogP) is 1.29. The molecule has 8 heteroatoms. The van der Waals surface area contributed by atoms with Crippen LogP contribution in [0.3, 0.4) is 0 Å². The fourth-order valence-electron chi connectivity index (χ4n) is 1.83. The molecule has 1 heterocycles. The number of rotatable bonds is 3. The lowest BCUT2D eigenvalue weighted by Gasteiger charge is -2.36. The van der Waals surface area contributed by atoms with Gasteiger partial charge in [-0.3, -0.25) is 9.59 Å². The van der Waals surface area contributed by atoms with Gasteiger partial charge in [-0.25, -0.2) is 0 Å². The first-order valence-corrected chi connectivity index (χ1v) is 5.48. The highest BCUT2D eigenvalue weighted by Gasteiger charge is 2.39. The van der Waals surface area contributed by atoms with Crippen LogP contribution in [0, 0.1) is 0 Å². The lowest BCUT2D eigenvalue weighted by atomic mass is 10.00. The molecule has 4 atom stereocenters. The van der Waals surface area contributed by atoms with E-state index in [0.29, 0.717) is 0 Å². The number of ether oxygens (including phenoxy) is 3. The van der Waals surface area contributed by atoms with Crippen LogP contribution in [0.1, 0.15) is 27.2 Å². The highest BCUT2D eigenvalue weighted by atomic mass is 16.7. The van der Waals surface area contributed by atoms with Gasteiger partial charge in [0.25, 0.3) is 0 Å². The molecule has 0 amide bonds. The van der Waals surface area contributed by atoms with Crippen LogP contribution in [0.4, 0.5) is 0 Å². The van der Waals surface area contributed by atoms with E-state index in [9.17, 15) is 9.59 Å². The fraction of sp³-hybridized carbons (Fsp3) is 0.800. The molecular weight excluding hydrogens is 242 g/mol. The number of carbonyl (C=O) groups excluding carboxylic acids is 2. The second-order valence-corrected chi connectivity index (χ2v) is 3.96. The molecule has 0 aromatic rings. The van der Waals surface area contributed by atoms with E-state index in [0.717, 1.165) is 0 Å². The van der Waals surface area contributed by atoms with E-state index in [-0.39, 0.29) is 6.42 Å². The van der Waals surface area contributed by atoms with E-state index in [1.165, 1.54) is 13.8 Å². The zero-order valence-electron chi connectivity index (χ0n) is 10.4. The summed E-state index contributed by atoms with van der Waals surface area (Å²) < 4.78 is 15.4. The van der Waals surface area contributed by atoms with E-state index in [4.69, 9.17) is 19.7 Å². The summed E-state index contributed by atoms with van der Waals surface area (Å²) in [6, 6.07) is -0.634. The van der Waals surface area contributed by atoms with Gasteiger partial charge < -0.3 is 14.2 Å². The molecule has 0 bridgehead atoms. The molecule has 1 aliphatic rings. The molecule has 1 aliphatic heterocycles. The van der Waals surface area contributed by atoms with Crippen molar-refractivity contribution in [2.75, 3.05) is 0 Å². The van der Waals surface area contributed by atoms with Gasteiger partial charge in [-0.05, 0) is 12.5 Å². The lowest BCUT2D eigenvalue weighted by Crippen LogP contribution is -2.48. The van der Waals surface area contributed by atoms with Gasteiger partial charge in [0, 0.05) is 25.2 Å². The van der Waals surface area contributed by atoms with Crippen molar-refractivity contribution in [1.82, 2.24) is 0 Å². The fourth-order valence-corrected chi connectivity index (χ4v) is 1.83. The largest absolute Gasteiger partial charge is 0.462 e. The quantitative estimate of drug-likeness (QED) is 0.327. The molecule has 100 valence electrons. The van der Waals surface area contributed by atoms with Crippen molar-refractivity contribution in [3.8, 4) is 0 Å². The average molecular weight is 257 g/mol. The molecule has 0 N–H and O–H groups in total. The Hall–Kier alpha value is -1.79. The summed E-state index contributed by atoms with van der Waals surface area (Å²) in [7, 11) is 0. The number of esters is 2. The van der Waals surface area contributed by atoms with Crippen molar-refractivity contribution in [2.24, 2.45) is 5.11 Å². The Kier molecular flexibility index (Phi) is 4.94. The van der Waals surface area contributed by atoms with Crippen molar-refractivity contribution >= 4 is 11.9 Å². The van der Waals surface area contributed by atoms with Gasteiger partial charge >= 0.3 is 11.9 Å². The third-order valence-corrected chi connectivity index (χ3v) is 2.45. The van der Waals surface area contributed by atoms with Crippen LogP contribution in [0.15, 0.2) is 5.11 Å². The molecule has 0 aromatic heterocycles. The van der Waals surface area contributed by atoms with E-state index < -0.39 is 36.5 Å². The van der Waals surface area contributed by atoms with Crippen molar-refractivity contribution in [3.05, 3.63) is 10.4 Å². The summed E-state index contributed by atoms with van der Waals surface area (Å²) in [5.41, 5.74) is 8.48. The summed E-state index contributed by atoms with van der Waals surface area (Å²) in [5, 5.41) is 3.55. The van der Waals surface area contributed by atoms with E-state index >= 15 is 0 Å². The molecule has 0 aromatic carbocycles. The Morgan fingerprint density at radius 3 is 2.44 bits per heavy atom. The Morgan fingerprint density at radius 2 is 1.94 bits per heavy atom. The number of hydrogen-bond acceptors (Lipinski definition) is 6. The lowest BCUT2D eigenvalue weighted by molar-refractivity contribution is -0.220. The first-order valence-electron chi connectivity index (χ1n) is 5.48. The van der Waals surface area contributed by atoms with Crippen LogP contribution < -0.4 is 0 Å². The van der Waals surface area contributed by atoms with Gasteiger partial charge in [-0.2, -0.15) is 0 Å². The molecule has 0 aliphatic carbocycles. The van der Waals surface area contributed by atoms with Crippen molar-refractivity contribution in [3.63, 3.8) is 0 Å². The molecule has 18 heavy (non-hydrogen) atoms. The zero-order valence-corrected chi connectivity index (χ0v) is 10.4. The topological polar surface area (TPSA) is 111 Å². The smallest absolute Gasteiger partial charge is 0.304 e. The molecule has 0 saturated carbocycles. The summed E-state index contributed by atoms with van der Waals surface area (Å²) in [6.45, 7) is 4.17. The minimum atomic E-state index is -0.799. The molecule has 0 spiro atoms. The first kappa shape index (κ1) is 14.3. The molecule has 0 radical (unpaired) electrons. The summed E-state index contributed by atoms with van der Waals surface area (Å²) in [4.78, 5) is 24.6. The summed E-state index contributed by atoms with van der Waals surface area (Å²) in [5.74, 6) is -0.982. The van der Waals surface area contributed by atoms with Gasteiger partial charge in [0.05, 0.1) is 6.10 Å². The van der Waals surface area contributed by atoms with Crippen molar-refractivity contribution in [2.45, 2.75) is 51.7 Å². The van der Waals surface area contributed by atoms with Crippen LogP contribution in [-0.4, -0.2) is 36.5 Å². The van der Waals surface area contributed by atoms with Crippen LogP contribution in [0.5, 0.6) is 0 Å². The van der Waals surface area contributed by atoms with Crippen LogP contribution in [-0.2, 0) is 23.8 Å². The van der Waals surface area contributed by atoms with Gasteiger partial charge in [-0.1, -0.05) is 5.11 Å². The van der Waals surface area contributed by atoms with Crippen LogP contribution in [0.25, 0.3) is 10.4 Å². The Labute approximate surface area is 104 Å². The molecule has 8 nitrogen and oxygen atoms in total. The Balaban J connectivity index is 2.79. The Bertz CT molecular complexity index is 380. The normalized spacial score (nSPS) is 31.1.